The minimum atomic E-state index is 0.181. The predicted molar refractivity (Wildman–Crippen MR) is 78.5 cm³/mol. The van der Waals surface area contributed by atoms with Gasteiger partial charge in [-0.05, 0) is 50.8 Å². The summed E-state index contributed by atoms with van der Waals surface area (Å²) < 4.78 is 5.90. The van der Waals surface area contributed by atoms with Gasteiger partial charge in [-0.3, -0.25) is 0 Å². The van der Waals surface area contributed by atoms with Crippen molar-refractivity contribution in [2.24, 2.45) is 0 Å². The average molecular weight is 276 g/mol. The van der Waals surface area contributed by atoms with Crippen LogP contribution < -0.4 is 5.32 Å². The first-order valence-corrected chi connectivity index (χ1v) is 7.90. The molecule has 0 radical (unpaired) electrons. The van der Waals surface area contributed by atoms with Crippen LogP contribution in [-0.2, 0) is 12.8 Å². The Kier molecular flexibility index (Phi) is 3.71. The zero-order valence-corrected chi connectivity index (χ0v) is 12.3. The Bertz CT molecular complexity index is 537. The lowest BCUT2D eigenvalue weighted by molar-refractivity contribution is 0.423. The zero-order valence-electron chi connectivity index (χ0n) is 11.5. The van der Waals surface area contributed by atoms with E-state index in [9.17, 15) is 0 Å². The number of aromatic nitrogens is 1. The maximum Gasteiger partial charge on any atom is 0.211 e. The number of hydrogen-bond donors (Lipinski definition) is 1. The van der Waals surface area contributed by atoms with Gasteiger partial charge in [-0.25, -0.2) is 4.98 Å². The summed E-state index contributed by atoms with van der Waals surface area (Å²) in [4.78, 5) is 7.17. The number of nitrogens with zero attached hydrogens (tertiary/aromatic N) is 1. The van der Waals surface area contributed by atoms with Gasteiger partial charge in [-0.1, -0.05) is 6.92 Å². The Balaban J connectivity index is 1.76. The Labute approximate surface area is 118 Å². The van der Waals surface area contributed by atoms with Crippen LogP contribution in [0, 0.1) is 0 Å². The summed E-state index contributed by atoms with van der Waals surface area (Å²) in [6.45, 7) is 5.25. The van der Waals surface area contributed by atoms with Crippen LogP contribution in [0.4, 0.5) is 0 Å². The van der Waals surface area contributed by atoms with Crippen LogP contribution in [0.1, 0.15) is 49.1 Å². The van der Waals surface area contributed by atoms with Crippen molar-refractivity contribution in [3.63, 3.8) is 0 Å². The molecule has 3 rings (SSSR count). The van der Waals surface area contributed by atoms with Crippen LogP contribution in [0.3, 0.4) is 0 Å². The molecular weight excluding hydrogens is 256 g/mol. The van der Waals surface area contributed by atoms with Crippen molar-refractivity contribution in [1.82, 2.24) is 10.3 Å². The van der Waals surface area contributed by atoms with E-state index in [2.05, 4.69) is 30.2 Å². The summed E-state index contributed by atoms with van der Waals surface area (Å²) >= 11 is 1.86. The van der Waals surface area contributed by atoms with Crippen LogP contribution >= 0.6 is 11.3 Å². The molecule has 0 amide bonds. The first kappa shape index (κ1) is 12.9. The second-order valence-electron chi connectivity index (χ2n) is 5.15. The van der Waals surface area contributed by atoms with E-state index in [0.29, 0.717) is 0 Å². The third-order valence-electron chi connectivity index (χ3n) is 3.58. The molecule has 102 valence electrons. The zero-order chi connectivity index (χ0) is 13.2. The van der Waals surface area contributed by atoms with E-state index >= 15 is 0 Å². The smallest absolute Gasteiger partial charge is 0.211 e. The standard InChI is InChI=1S/C15H20N2OS/c1-3-7-16-10(2)15-17-9-12(18-15)14-8-11-5-4-6-13(11)19-14/h8-10,16H,3-7H2,1-2H3. The van der Waals surface area contributed by atoms with E-state index in [0.717, 1.165) is 24.6 Å². The fraction of sp³-hybridized carbons (Fsp3) is 0.533. The van der Waals surface area contributed by atoms with Gasteiger partial charge in [0.05, 0.1) is 17.1 Å². The highest BCUT2D eigenvalue weighted by molar-refractivity contribution is 7.15. The second-order valence-corrected chi connectivity index (χ2v) is 6.29. The Morgan fingerprint density at radius 2 is 2.37 bits per heavy atom. The van der Waals surface area contributed by atoms with Gasteiger partial charge in [-0.15, -0.1) is 11.3 Å². The van der Waals surface area contributed by atoms with E-state index in [1.165, 1.54) is 34.6 Å². The van der Waals surface area contributed by atoms with E-state index in [1.54, 1.807) is 0 Å². The van der Waals surface area contributed by atoms with Crippen molar-refractivity contribution >= 4 is 11.3 Å². The number of aryl methyl sites for hydroxylation is 2. The lowest BCUT2D eigenvalue weighted by Crippen LogP contribution is -2.19. The molecule has 0 saturated carbocycles. The van der Waals surface area contributed by atoms with Gasteiger partial charge in [0.1, 0.15) is 0 Å². The molecule has 0 bridgehead atoms. The highest BCUT2D eigenvalue weighted by Gasteiger charge is 2.18. The minimum Gasteiger partial charge on any atom is -0.438 e. The number of fused-ring (bicyclic) bond motifs is 1. The van der Waals surface area contributed by atoms with Gasteiger partial charge in [0.15, 0.2) is 5.76 Å². The van der Waals surface area contributed by atoms with E-state index in [1.807, 2.05) is 17.5 Å². The van der Waals surface area contributed by atoms with Crippen LogP contribution in [-0.4, -0.2) is 11.5 Å². The molecule has 0 spiro atoms. The molecule has 1 aliphatic carbocycles. The average Bonchev–Trinajstić information content (AvgIpc) is 3.08. The molecule has 0 aliphatic heterocycles. The summed E-state index contributed by atoms with van der Waals surface area (Å²) in [6, 6.07) is 2.46. The predicted octanol–water partition coefficient (Wildman–Crippen LogP) is 3.95. The molecule has 19 heavy (non-hydrogen) atoms. The number of oxazole rings is 1. The lowest BCUT2D eigenvalue weighted by Gasteiger charge is -2.08. The topological polar surface area (TPSA) is 38.1 Å². The summed E-state index contributed by atoms with van der Waals surface area (Å²) in [5.74, 6) is 1.71. The summed E-state index contributed by atoms with van der Waals surface area (Å²) in [5.41, 5.74) is 1.51. The molecule has 1 N–H and O–H groups in total. The van der Waals surface area contributed by atoms with Gasteiger partial charge >= 0.3 is 0 Å². The molecule has 1 unspecified atom stereocenters. The maximum atomic E-state index is 5.90. The summed E-state index contributed by atoms with van der Waals surface area (Å²) in [7, 11) is 0. The molecule has 0 fully saturated rings. The summed E-state index contributed by atoms with van der Waals surface area (Å²) in [5, 5.41) is 3.40. The maximum absolute atomic E-state index is 5.90. The fourth-order valence-corrected chi connectivity index (χ4v) is 3.70. The number of thiophene rings is 1. The SMILES string of the molecule is CCCNC(C)c1ncc(-c2cc3c(s2)CCC3)o1. The summed E-state index contributed by atoms with van der Waals surface area (Å²) in [6.07, 6.45) is 6.74. The Hall–Kier alpha value is -1.13. The minimum absolute atomic E-state index is 0.181. The highest BCUT2D eigenvalue weighted by Crippen LogP contribution is 2.37. The Morgan fingerprint density at radius 3 is 3.16 bits per heavy atom. The monoisotopic (exact) mass is 276 g/mol. The molecule has 4 heteroatoms. The molecule has 0 aromatic carbocycles. The highest BCUT2D eigenvalue weighted by atomic mass is 32.1. The molecule has 0 saturated heterocycles. The van der Waals surface area contributed by atoms with Gasteiger partial charge in [0, 0.05) is 4.88 Å². The van der Waals surface area contributed by atoms with Gasteiger partial charge in [0.2, 0.25) is 5.89 Å². The van der Waals surface area contributed by atoms with Crippen molar-refractivity contribution in [2.75, 3.05) is 6.54 Å². The molecule has 2 aromatic heterocycles. The Morgan fingerprint density at radius 1 is 1.47 bits per heavy atom. The first-order valence-electron chi connectivity index (χ1n) is 7.09. The lowest BCUT2D eigenvalue weighted by atomic mass is 10.2. The van der Waals surface area contributed by atoms with Crippen molar-refractivity contribution in [2.45, 2.75) is 45.6 Å². The quantitative estimate of drug-likeness (QED) is 0.898. The van der Waals surface area contributed by atoms with Crippen LogP contribution in [0.15, 0.2) is 16.7 Å². The van der Waals surface area contributed by atoms with Crippen LogP contribution in [0.25, 0.3) is 10.6 Å². The van der Waals surface area contributed by atoms with Gasteiger partial charge in [0.25, 0.3) is 0 Å². The normalized spacial score (nSPS) is 15.7. The third-order valence-corrected chi connectivity index (χ3v) is 4.84. The van der Waals surface area contributed by atoms with Crippen molar-refractivity contribution in [1.29, 1.82) is 0 Å². The van der Waals surface area contributed by atoms with Gasteiger partial charge in [-0.2, -0.15) is 0 Å². The van der Waals surface area contributed by atoms with Crippen LogP contribution in [0.2, 0.25) is 0 Å². The molecule has 2 aromatic rings. The fourth-order valence-electron chi connectivity index (χ4n) is 2.50. The first-order chi connectivity index (χ1) is 9.28. The van der Waals surface area contributed by atoms with Crippen LogP contribution in [0.5, 0.6) is 0 Å². The van der Waals surface area contributed by atoms with Crippen molar-refractivity contribution in [3.05, 3.63) is 28.6 Å². The molecule has 1 aliphatic rings. The molecule has 1 atom stereocenters. The second kappa shape index (κ2) is 5.47. The number of hydrogen-bond acceptors (Lipinski definition) is 4. The third kappa shape index (κ3) is 2.60. The van der Waals surface area contributed by atoms with E-state index in [-0.39, 0.29) is 6.04 Å². The molecular formula is C15H20N2OS. The molecule has 3 nitrogen and oxygen atoms in total. The van der Waals surface area contributed by atoms with Crippen molar-refractivity contribution < 1.29 is 4.42 Å². The van der Waals surface area contributed by atoms with Gasteiger partial charge < -0.3 is 9.73 Å². The largest absolute Gasteiger partial charge is 0.438 e. The van der Waals surface area contributed by atoms with Crippen molar-refractivity contribution in [3.8, 4) is 10.6 Å². The number of nitrogens with one attached hydrogen (secondary N) is 1. The van der Waals surface area contributed by atoms with E-state index < -0.39 is 0 Å². The van der Waals surface area contributed by atoms with E-state index in [4.69, 9.17) is 4.42 Å². The number of rotatable bonds is 5. The molecule has 2 heterocycles.